The number of ether oxygens (including phenoxy) is 3. The summed E-state index contributed by atoms with van der Waals surface area (Å²) >= 11 is 0. The van der Waals surface area contributed by atoms with Crippen molar-refractivity contribution >= 4 is 5.97 Å². The van der Waals surface area contributed by atoms with Crippen molar-refractivity contribution in [2.24, 2.45) is 11.8 Å². The number of fused-ring (bicyclic) bond motifs is 1. The van der Waals surface area contributed by atoms with Crippen molar-refractivity contribution in [1.82, 2.24) is 10.2 Å². The highest BCUT2D eigenvalue weighted by Gasteiger charge is 2.55. The zero-order valence-electron chi connectivity index (χ0n) is 25.7. The van der Waals surface area contributed by atoms with Crippen LogP contribution in [0.5, 0.6) is 11.5 Å². The van der Waals surface area contributed by atoms with Crippen LogP contribution >= 0.6 is 0 Å². The number of esters is 1. The molecule has 1 saturated carbocycles. The van der Waals surface area contributed by atoms with Crippen LogP contribution in [-0.4, -0.2) is 55.9 Å². The van der Waals surface area contributed by atoms with E-state index in [0.29, 0.717) is 43.2 Å². The minimum Gasteiger partial charge on any atom is -0.492 e. The standard InChI is InChI=1S/C35H41F3N2O4/c1-5-42-34(41)32(44-26-12-8-23(9-13-26)35(2,3)4)16-22-6-10-25(11-7-22)43-15-14-39-33-27-19-40(20-28(27)33)21-29-30(37)17-24(36)18-31(29)38/h6-13,17-18,27-28,32-33,39H,5,14-16,19-21H2,1-4H3/t27-,28+,32-,33?/m0/s1. The summed E-state index contributed by atoms with van der Waals surface area (Å²) in [5.41, 5.74) is 2.06. The highest BCUT2D eigenvalue weighted by molar-refractivity contribution is 5.75. The lowest BCUT2D eigenvalue weighted by Gasteiger charge is -2.21. The number of hydrogen-bond acceptors (Lipinski definition) is 6. The maximum Gasteiger partial charge on any atom is 0.347 e. The molecule has 1 aliphatic carbocycles. The number of halogens is 3. The third-order valence-electron chi connectivity index (χ3n) is 8.40. The molecule has 0 amide bonds. The second-order valence-electron chi connectivity index (χ2n) is 12.7. The third-order valence-corrected chi connectivity index (χ3v) is 8.40. The Bertz CT molecular complexity index is 1390. The zero-order chi connectivity index (χ0) is 31.4. The lowest BCUT2D eigenvalue weighted by atomic mass is 9.87. The first-order chi connectivity index (χ1) is 21.0. The highest BCUT2D eigenvalue weighted by Crippen LogP contribution is 2.46. The molecule has 1 saturated heterocycles. The van der Waals surface area contributed by atoms with Crippen LogP contribution in [-0.2, 0) is 27.9 Å². The number of carbonyl (C=O) groups is 1. The average molecular weight is 611 g/mol. The normalized spacial score (nSPS) is 20.2. The van der Waals surface area contributed by atoms with Crippen LogP contribution in [0.1, 0.15) is 44.4 Å². The van der Waals surface area contributed by atoms with Crippen LogP contribution in [0.2, 0.25) is 0 Å². The number of benzene rings is 3. The van der Waals surface area contributed by atoms with E-state index in [1.165, 1.54) is 5.56 Å². The maximum absolute atomic E-state index is 14.0. The molecule has 2 fully saturated rings. The summed E-state index contributed by atoms with van der Waals surface area (Å²) in [4.78, 5) is 14.7. The van der Waals surface area contributed by atoms with Gasteiger partial charge in [-0.05, 0) is 59.6 Å². The van der Waals surface area contributed by atoms with Gasteiger partial charge in [-0.1, -0.05) is 45.0 Å². The van der Waals surface area contributed by atoms with Gasteiger partial charge in [-0.3, -0.25) is 4.90 Å². The van der Waals surface area contributed by atoms with Crippen molar-refractivity contribution in [3.63, 3.8) is 0 Å². The Morgan fingerprint density at radius 1 is 0.955 bits per heavy atom. The van der Waals surface area contributed by atoms with E-state index in [1.807, 2.05) is 53.4 Å². The van der Waals surface area contributed by atoms with Gasteiger partial charge in [0, 0.05) is 56.3 Å². The molecule has 4 atom stereocenters. The number of piperidine rings is 1. The van der Waals surface area contributed by atoms with Gasteiger partial charge in [0.25, 0.3) is 0 Å². The molecule has 2 aliphatic rings. The molecule has 1 aliphatic heterocycles. The van der Waals surface area contributed by atoms with E-state index in [1.54, 1.807) is 6.92 Å². The molecule has 0 aromatic heterocycles. The molecule has 0 radical (unpaired) electrons. The van der Waals surface area contributed by atoms with Crippen LogP contribution in [0.25, 0.3) is 0 Å². The fourth-order valence-corrected chi connectivity index (χ4v) is 5.93. The topological polar surface area (TPSA) is 60.0 Å². The highest BCUT2D eigenvalue weighted by atomic mass is 19.1. The molecule has 1 unspecified atom stereocenters. The van der Waals surface area contributed by atoms with E-state index in [2.05, 4.69) is 26.1 Å². The first-order valence-corrected chi connectivity index (χ1v) is 15.3. The van der Waals surface area contributed by atoms with Crippen molar-refractivity contribution in [3.05, 3.63) is 94.8 Å². The van der Waals surface area contributed by atoms with Crippen molar-refractivity contribution in [3.8, 4) is 11.5 Å². The van der Waals surface area contributed by atoms with E-state index in [4.69, 9.17) is 14.2 Å². The second kappa shape index (κ2) is 13.6. The second-order valence-corrected chi connectivity index (χ2v) is 12.7. The molecule has 236 valence electrons. The number of carbonyl (C=O) groups excluding carboxylic acids is 1. The van der Waals surface area contributed by atoms with E-state index < -0.39 is 29.5 Å². The first-order valence-electron chi connectivity index (χ1n) is 15.3. The van der Waals surface area contributed by atoms with Crippen molar-refractivity contribution < 1.29 is 32.2 Å². The van der Waals surface area contributed by atoms with Gasteiger partial charge in [-0.15, -0.1) is 0 Å². The van der Waals surface area contributed by atoms with Gasteiger partial charge in [0.1, 0.15) is 35.6 Å². The number of nitrogens with zero attached hydrogens (tertiary/aromatic N) is 1. The summed E-state index contributed by atoms with van der Waals surface area (Å²) in [6.07, 6.45) is -0.405. The molecule has 3 aromatic carbocycles. The number of hydrogen-bond donors (Lipinski definition) is 1. The number of rotatable bonds is 13. The van der Waals surface area contributed by atoms with E-state index >= 15 is 0 Å². The van der Waals surface area contributed by atoms with E-state index in [9.17, 15) is 18.0 Å². The SMILES string of the molecule is CCOC(=O)[C@H](Cc1ccc(OCCNC2[C@H]3CN(Cc4c(F)cc(F)cc4F)C[C@@H]23)cc1)Oc1ccc(C(C)(C)C)cc1. The predicted molar refractivity (Wildman–Crippen MR) is 162 cm³/mol. The van der Waals surface area contributed by atoms with Gasteiger partial charge in [0.15, 0.2) is 6.10 Å². The summed E-state index contributed by atoms with van der Waals surface area (Å²) in [6, 6.07) is 17.3. The van der Waals surface area contributed by atoms with Gasteiger partial charge in [0.2, 0.25) is 0 Å². The number of likely N-dealkylation sites (tertiary alicyclic amines) is 1. The fraction of sp³-hybridized carbons (Fsp3) is 0.457. The van der Waals surface area contributed by atoms with Crippen LogP contribution in [0.3, 0.4) is 0 Å². The Labute approximate surface area is 257 Å². The monoisotopic (exact) mass is 610 g/mol. The molecule has 1 N–H and O–H groups in total. The lowest BCUT2D eigenvalue weighted by Crippen LogP contribution is -2.33. The summed E-state index contributed by atoms with van der Waals surface area (Å²) in [5.74, 6) is -0.755. The largest absolute Gasteiger partial charge is 0.492 e. The Morgan fingerprint density at radius 3 is 2.16 bits per heavy atom. The van der Waals surface area contributed by atoms with Crippen molar-refractivity contribution in [2.75, 3.05) is 32.8 Å². The number of nitrogens with one attached hydrogen (secondary N) is 1. The van der Waals surface area contributed by atoms with Crippen molar-refractivity contribution in [2.45, 2.75) is 58.2 Å². The van der Waals surface area contributed by atoms with Crippen LogP contribution in [0.4, 0.5) is 13.2 Å². The Morgan fingerprint density at radius 2 is 1.57 bits per heavy atom. The summed E-state index contributed by atoms with van der Waals surface area (Å²) in [5, 5.41) is 3.52. The van der Waals surface area contributed by atoms with Crippen LogP contribution in [0, 0.1) is 29.3 Å². The van der Waals surface area contributed by atoms with E-state index in [-0.39, 0.29) is 24.1 Å². The molecule has 0 bridgehead atoms. The molecule has 5 rings (SSSR count). The zero-order valence-corrected chi connectivity index (χ0v) is 25.7. The molecule has 1 heterocycles. The Balaban J connectivity index is 1.04. The van der Waals surface area contributed by atoms with Crippen LogP contribution in [0.15, 0.2) is 60.7 Å². The Kier molecular flexibility index (Phi) is 9.85. The first kappa shape index (κ1) is 31.9. The molecular weight excluding hydrogens is 569 g/mol. The smallest absolute Gasteiger partial charge is 0.347 e. The van der Waals surface area contributed by atoms with Crippen LogP contribution < -0.4 is 14.8 Å². The molecule has 6 nitrogen and oxygen atoms in total. The van der Waals surface area contributed by atoms with Crippen molar-refractivity contribution in [1.29, 1.82) is 0 Å². The maximum atomic E-state index is 14.0. The molecule has 3 aromatic rings. The predicted octanol–water partition coefficient (Wildman–Crippen LogP) is 6.05. The third kappa shape index (κ3) is 7.93. The summed E-state index contributed by atoms with van der Waals surface area (Å²) in [7, 11) is 0. The van der Waals surface area contributed by atoms with Gasteiger partial charge < -0.3 is 19.5 Å². The fourth-order valence-electron chi connectivity index (χ4n) is 5.93. The Hall–Kier alpha value is -3.56. The minimum atomic E-state index is -0.902. The summed E-state index contributed by atoms with van der Waals surface area (Å²) < 4.78 is 58.4. The van der Waals surface area contributed by atoms with Gasteiger partial charge in [-0.25, -0.2) is 18.0 Å². The van der Waals surface area contributed by atoms with Gasteiger partial charge in [-0.2, -0.15) is 0 Å². The van der Waals surface area contributed by atoms with E-state index in [0.717, 1.165) is 36.5 Å². The quantitative estimate of drug-likeness (QED) is 0.188. The van der Waals surface area contributed by atoms with Gasteiger partial charge in [0.05, 0.1) is 6.61 Å². The van der Waals surface area contributed by atoms with Gasteiger partial charge >= 0.3 is 5.97 Å². The molecule has 9 heteroatoms. The minimum absolute atomic E-state index is 0.0244. The molecular formula is C35H41F3N2O4. The summed E-state index contributed by atoms with van der Waals surface area (Å²) in [6.45, 7) is 11.3. The molecule has 44 heavy (non-hydrogen) atoms. The average Bonchev–Trinajstić information content (AvgIpc) is 3.42. The molecule has 0 spiro atoms. The lowest BCUT2D eigenvalue weighted by molar-refractivity contribution is -0.151.